The molecule has 0 amide bonds. The molecule has 0 saturated heterocycles. The number of benzene rings is 3. The van der Waals surface area contributed by atoms with Gasteiger partial charge in [-0.15, -0.1) is 0 Å². The Morgan fingerprint density at radius 2 is 1.57 bits per heavy atom. The number of rotatable bonds is 4. The van der Waals surface area contributed by atoms with E-state index < -0.39 is 0 Å². The van der Waals surface area contributed by atoms with Gasteiger partial charge in [0, 0.05) is 5.02 Å². The second kappa shape index (κ2) is 7.00. The van der Waals surface area contributed by atoms with Crippen LogP contribution in [0.2, 0.25) is 5.02 Å². The molecule has 0 aliphatic rings. The molecule has 0 fully saturated rings. The summed E-state index contributed by atoms with van der Waals surface area (Å²) in [6, 6.07) is 25.2. The zero-order valence-corrected chi connectivity index (χ0v) is 13.1. The van der Waals surface area contributed by atoms with E-state index in [4.69, 9.17) is 16.3 Å². The molecule has 0 saturated carbocycles. The van der Waals surface area contributed by atoms with Crippen LogP contribution in [-0.2, 0) is 6.61 Å². The third-order valence-corrected chi connectivity index (χ3v) is 3.77. The number of halogens is 1. The van der Waals surface area contributed by atoms with Gasteiger partial charge in [0.05, 0.1) is 5.56 Å². The summed E-state index contributed by atoms with van der Waals surface area (Å²) in [5.74, 6) is 0.592. The monoisotopic (exact) mass is 319 g/mol. The number of hydrogen-bond acceptors (Lipinski definition) is 2. The van der Waals surface area contributed by atoms with Gasteiger partial charge >= 0.3 is 0 Å². The fraction of sp³-hybridized carbons (Fsp3) is 0.0500. The lowest BCUT2D eigenvalue weighted by Gasteiger charge is -2.10. The summed E-state index contributed by atoms with van der Waals surface area (Å²) in [5, 5.41) is 10.1. The van der Waals surface area contributed by atoms with Crippen molar-refractivity contribution in [3.8, 4) is 22.9 Å². The minimum Gasteiger partial charge on any atom is -0.488 e. The van der Waals surface area contributed by atoms with Crippen molar-refractivity contribution in [2.45, 2.75) is 6.61 Å². The van der Waals surface area contributed by atoms with Crippen LogP contribution in [0.5, 0.6) is 5.75 Å². The highest BCUT2D eigenvalue weighted by Gasteiger charge is 2.07. The van der Waals surface area contributed by atoms with E-state index in [9.17, 15) is 5.26 Å². The van der Waals surface area contributed by atoms with Crippen LogP contribution in [0.15, 0.2) is 72.8 Å². The Bertz CT molecular complexity index is 836. The molecule has 0 atom stereocenters. The predicted octanol–water partition coefficient (Wildman–Crippen LogP) is 5.46. The Kier molecular flexibility index (Phi) is 4.61. The highest BCUT2D eigenvalue weighted by atomic mass is 35.5. The molecule has 0 aliphatic heterocycles. The Morgan fingerprint density at radius 1 is 0.870 bits per heavy atom. The lowest BCUT2D eigenvalue weighted by Crippen LogP contribution is -1.97. The van der Waals surface area contributed by atoms with Gasteiger partial charge in [-0.2, -0.15) is 5.26 Å². The van der Waals surface area contributed by atoms with Gasteiger partial charge in [-0.3, -0.25) is 0 Å². The fourth-order valence-electron chi connectivity index (χ4n) is 2.30. The van der Waals surface area contributed by atoms with Gasteiger partial charge in [-0.25, -0.2) is 0 Å². The number of ether oxygens (including phenoxy) is 1. The van der Waals surface area contributed by atoms with E-state index in [-0.39, 0.29) is 0 Å². The molecule has 3 aromatic carbocycles. The van der Waals surface area contributed by atoms with Gasteiger partial charge in [0.2, 0.25) is 0 Å². The van der Waals surface area contributed by atoms with Crippen molar-refractivity contribution in [2.75, 3.05) is 0 Å². The lowest BCUT2D eigenvalue weighted by molar-refractivity contribution is 0.305. The second-order valence-corrected chi connectivity index (χ2v) is 5.54. The predicted molar refractivity (Wildman–Crippen MR) is 92.4 cm³/mol. The van der Waals surface area contributed by atoms with Gasteiger partial charge in [-0.1, -0.05) is 60.1 Å². The highest BCUT2D eigenvalue weighted by Crippen LogP contribution is 2.27. The molecule has 23 heavy (non-hydrogen) atoms. The number of nitriles is 1. The average molecular weight is 320 g/mol. The number of nitrogens with zero attached hydrogens (tertiary/aromatic N) is 1. The van der Waals surface area contributed by atoms with Crippen molar-refractivity contribution < 1.29 is 4.74 Å². The van der Waals surface area contributed by atoms with Crippen LogP contribution in [0, 0.1) is 11.3 Å². The van der Waals surface area contributed by atoms with Gasteiger partial charge in [-0.05, 0) is 41.0 Å². The molecule has 0 unspecified atom stereocenters. The van der Waals surface area contributed by atoms with Crippen molar-refractivity contribution in [3.63, 3.8) is 0 Å². The summed E-state index contributed by atoms with van der Waals surface area (Å²) >= 11 is 5.91. The van der Waals surface area contributed by atoms with E-state index in [1.807, 2.05) is 72.8 Å². The maximum absolute atomic E-state index is 9.38. The van der Waals surface area contributed by atoms with Gasteiger partial charge in [0.1, 0.15) is 18.4 Å². The summed E-state index contributed by atoms with van der Waals surface area (Å²) in [6.45, 7) is 0.440. The number of hydrogen-bond donors (Lipinski definition) is 0. The van der Waals surface area contributed by atoms with Crippen molar-refractivity contribution in [1.82, 2.24) is 0 Å². The highest BCUT2D eigenvalue weighted by molar-refractivity contribution is 6.30. The fourth-order valence-corrected chi connectivity index (χ4v) is 2.43. The first-order valence-electron chi connectivity index (χ1n) is 7.23. The molecule has 0 radical (unpaired) electrons. The van der Waals surface area contributed by atoms with Crippen LogP contribution in [0.4, 0.5) is 0 Å². The summed E-state index contributed by atoms with van der Waals surface area (Å²) in [5.41, 5.74) is 3.57. The van der Waals surface area contributed by atoms with E-state index in [2.05, 4.69) is 6.07 Å². The van der Waals surface area contributed by atoms with Crippen LogP contribution in [0.25, 0.3) is 11.1 Å². The Morgan fingerprint density at radius 3 is 2.26 bits per heavy atom. The maximum atomic E-state index is 9.38. The van der Waals surface area contributed by atoms with E-state index in [0.29, 0.717) is 22.9 Å². The third kappa shape index (κ3) is 3.71. The van der Waals surface area contributed by atoms with Crippen LogP contribution in [0.1, 0.15) is 11.1 Å². The molecular weight excluding hydrogens is 306 g/mol. The van der Waals surface area contributed by atoms with E-state index >= 15 is 0 Å². The zero-order valence-electron chi connectivity index (χ0n) is 12.4. The Hall–Kier alpha value is -2.76. The largest absolute Gasteiger partial charge is 0.488 e. The first-order chi connectivity index (χ1) is 11.3. The van der Waals surface area contributed by atoms with Crippen molar-refractivity contribution in [2.24, 2.45) is 0 Å². The Labute approximate surface area is 140 Å². The summed E-state index contributed by atoms with van der Waals surface area (Å²) in [4.78, 5) is 0. The molecule has 3 heteroatoms. The molecule has 0 aliphatic carbocycles. The van der Waals surface area contributed by atoms with E-state index in [0.717, 1.165) is 16.7 Å². The Balaban J connectivity index is 1.82. The van der Waals surface area contributed by atoms with Crippen LogP contribution < -0.4 is 4.74 Å². The standard InChI is InChI=1S/C20H14ClNO/c21-19-9-6-16(7-10-19)17-8-11-20(18(12-17)13-22)23-14-15-4-2-1-3-5-15/h1-12H,14H2. The quantitative estimate of drug-likeness (QED) is 0.640. The van der Waals surface area contributed by atoms with Gasteiger partial charge < -0.3 is 4.74 Å². The molecule has 0 aromatic heterocycles. The van der Waals surface area contributed by atoms with Crippen LogP contribution in [0.3, 0.4) is 0 Å². The van der Waals surface area contributed by atoms with Crippen LogP contribution in [-0.4, -0.2) is 0 Å². The van der Waals surface area contributed by atoms with Crippen LogP contribution >= 0.6 is 11.6 Å². The van der Waals surface area contributed by atoms with Crippen molar-refractivity contribution >= 4 is 11.6 Å². The van der Waals surface area contributed by atoms with Gasteiger partial charge in [0.15, 0.2) is 0 Å². The first-order valence-corrected chi connectivity index (χ1v) is 7.61. The normalized spacial score (nSPS) is 10.1. The SMILES string of the molecule is N#Cc1cc(-c2ccc(Cl)cc2)ccc1OCc1ccccc1. The molecule has 3 rings (SSSR count). The minimum absolute atomic E-state index is 0.440. The van der Waals surface area contributed by atoms with E-state index in [1.165, 1.54) is 0 Å². The third-order valence-electron chi connectivity index (χ3n) is 3.51. The second-order valence-electron chi connectivity index (χ2n) is 5.10. The maximum Gasteiger partial charge on any atom is 0.137 e. The molecule has 0 bridgehead atoms. The molecular formula is C20H14ClNO. The lowest BCUT2D eigenvalue weighted by atomic mass is 10.0. The molecule has 112 valence electrons. The topological polar surface area (TPSA) is 33.0 Å². The summed E-state index contributed by atoms with van der Waals surface area (Å²) in [6.07, 6.45) is 0. The molecule has 0 spiro atoms. The smallest absolute Gasteiger partial charge is 0.137 e. The first kappa shape index (κ1) is 15.1. The van der Waals surface area contributed by atoms with Crippen molar-refractivity contribution in [1.29, 1.82) is 5.26 Å². The minimum atomic E-state index is 0.440. The zero-order chi connectivity index (χ0) is 16.1. The average Bonchev–Trinajstić information content (AvgIpc) is 2.61. The summed E-state index contributed by atoms with van der Waals surface area (Å²) < 4.78 is 5.78. The summed E-state index contributed by atoms with van der Waals surface area (Å²) in [7, 11) is 0. The molecule has 2 nitrogen and oxygen atoms in total. The van der Waals surface area contributed by atoms with Gasteiger partial charge in [0.25, 0.3) is 0 Å². The molecule has 3 aromatic rings. The van der Waals surface area contributed by atoms with Crippen molar-refractivity contribution in [3.05, 3.63) is 88.9 Å². The molecule has 0 N–H and O–H groups in total. The molecule has 0 heterocycles. The van der Waals surface area contributed by atoms with E-state index in [1.54, 1.807) is 0 Å².